The summed E-state index contributed by atoms with van der Waals surface area (Å²) in [4.78, 5) is 35.9. The first-order chi connectivity index (χ1) is 16.5. The maximum Gasteiger partial charge on any atom is 0.328 e. The van der Waals surface area contributed by atoms with Crippen molar-refractivity contribution >= 4 is 27.8 Å². The number of nitrogens with zero attached hydrogens (tertiary/aromatic N) is 2. The average Bonchev–Trinajstić information content (AvgIpc) is 2.82. The summed E-state index contributed by atoms with van der Waals surface area (Å²) in [6, 6.07) is 8.15. The molecule has 0 bridgehead atoms. The summed E-state index contributed by atoms with van der Waals surface area (Å²) in [6.45, 7) is 7.93. The third-order valence-corrected chi connectivity index (χ3v) is 7.04. The Morgan fingerprint density at radius 2 is 1.60 bits per heavy atom. The molecule has 2 rings (SSSR count). The van der Waals surface area contributed by atoms with Crippen LogP contribution in [0.5, 0.6) is 0 Å². The largest absolute Gasteiger partial charge is 0.478 e. The number of hydrogen-bond donors (Lipinski definition) is 3. The van der Waals surface area contributed by atoms with E-state index in [-0.39, 0.29) is 24.4 Å². The predicted molar refractivity (Wildman–Crippen MR) is 133 cm³/mol. The Morgan fingerprint density at radius 3 is 2.11 bits per heavy atom. The Kier molecular flexibility index (Phi) is 13.7. The molecular formula is C24H37N3O7S. The molecule has 196 valence electrons. The van der Waals surface area contributed by atoms with Crippen molar-refractivity contribution in [3.05, 3.63) is 42.5 Å². The van der Waals surface area contributed by atoms with Crippen molar-refractivity contribution in [1.29, 1.82) is 0 Å². The molecular weight excluding hydrogens is 474 g/mol. The Bertz CT molecular complexity index is 912. The quantitative estimate of drug-likeness (QED) is 0.304. The SMILES string of the molecule is CC(C)N(CCS(=O)(=O)c1ccccc1)C(=O)NCCCN1CCCCC1.O=C(O)C=CC(=O)O. The zero-order chi connectivity index (χ0) is 26.3. The zero-order valence-corrected chi connectivity index (χ0v) is 21.2. The number of carboxylic acid groups (broad SMARTS) is 2. The van der Waals surface area contributed by atoms with Gasteiger partial charge >= 0.3 is 18.0 Å². The molecule has 2 amide bonds. The third kappa shape index (κ3) is 12.9. The van der Waals surface area contributed by atoms with Gasteiger partial charge in [-0.2, -0.15) is 0 Å². The summed E-state index contributed by atoms with van der Waals surface area (Å²) in [7, 11) is -3.39. The van der Waals surface area contributed by atoms with Crippen LogP contribution in [0.15, 0.2) is 47.4 Å². The summed E-state index contributed by atoms with van der Waals surface area (Å²) in [5.74, 6) is -2.59. The number of rotatable bonds is 11. The van der Waals surface area contributed by atoms with E-state index in [1.165, 1.54) is 19.3 Å². The lowest BCUT2D eigenvalue weighted by Crippen LogP contribution is -2.46. The number of carbonyl (C=O) groups excluding carboxylic acids is 1. The molecule has 0 spiro atoms. The minimum atomic E-state index is -3.39. The number of carboxylic acids is 2. The highest BCUT2D eigenvalue weighted by Gasteiger charge is 2.21. The molecule has 11 heteroatoms. The predicted octanol–water partition coefficient (Wildman–Crippen LogP) is 2.47. The highest BCUT2D eigenvalue weighted by Crippen LogP contribution is 2.12. The van der Waals surface area contributed by atoms with Gasteiger partial charge in [0, 0.05) is 31.3 Å². The first kappa shape index (κ1) is 30.1. The number of nitrogens with one attached hydrogen (secondary N) is 1. The van der Waals surface area contributed by atoms with Gasteiger partial charge in [-0.05, 0) is 64.9 Å². The Labute approximate surface area is 207 Å². The average molecular weight is 512 g/mol. The highest BCUT2D eigenvalue weighted by molar-refractivity contribution is 7.91. The number of sulfone groups is 1. The van der Waals surface area contributed by atoms with Gasteiger partial charge in [0.2, 0.25) is 0 Å². The standard InChI is InChI=1S/C20H33N3O3S.C4H4O4/c1-18(2)23(16-17-27(25,26)19-10-5-3-6-11-19)20(24)21-12-9-15-22-13-7-4-8-14-22;5-3(6)1-2-4(7)8/h3,5-6,10-11,18H,4,7-9,12-17H2,1-2H3,(H,21,24);1-2H,(H,5,6)(H,7,8). The molecule has 0 radical (unpaired) electrons. The van der Waals surface area contributed by atoms with Crippen LogP contribution in [-0.2, 0) is 19.4 Å². The van der Waals surface area contributed by atoms with E-state index in [1.807, 2.05) is 13.8 Å². The van der Waals surface area contributed by atoms with Crippen molar-refractivity contribution in [2.24, 2.45) is 0 Å². The molecule has 1 aromatic carbocycles. The molecule has 0 saturated carbocycles. The van der Waals surface area contributed by atoms with Crippen LogP contribution >= 0.6 is 0 Å². The number of hydrogen-bond acceptors (Lipinski definition) is 6. The molecule has 0 unspecified atom stereocenters. The summed E-state index contributed by atoms with van der Waals surface area (Å²) in [5, 5.41) is 18.6. The lowest BCUT2D eigenvalue weighted by molar-refractivity contribution is -0.134. The van der Waals surface area contributed by atoms with Gasteiger partial charge in [-0.1, -0.05) is 24.6 Å². The number of aliphatic carboxylic acids is 2. The summed E-state index contributed by atoms with van der Waals surface area (Å²) in [5.41, 5.74) is 0. The molecule has 1 aliphatic heterocycles. The maximum absolute atomic E-state index is 12.5. The second-order valence-electron chi connectivity index (χ2n) is 8.42. The van der Waals surface area contributed by atoms with Crippen molar-refractivity contribution in [3.63, 3.8) is 0 Å². The smallest absolute Gasteiger partial charge is 0.328 e. The van der Waals surface area contributed by atoms with Crippen LogP contribution in [0.4, 0.5) is 4.79 Å². The van der Waals surface area contributed by atoms with Gasteiger partial charge in [0.1, 0.15) is 0 Å². The number of likely N-dealkylation sites (tertiary alicyclic amines) is 1. The van der Waals surface area contributed by atoms with Crippen molar-refractivity contribution in [3.8, 4) is 0 Å². The van der Waals surface area contributed by atoms with Crippen LogP contribution in [-0.4, -0.2) is 90.9 Å². The fourth-order valence-corrected chi connectivity index (χ4v) is 4.73. The number of piperidine rings is 1. The Hall–Kier alpha value is -2.92. The zero-order valence-electron chi connectivity index (χ0n) is 20.4. The molecule has 0 aromatic heterocycles. The first-order valence-corrected chi connectivity index (χ1v) is 13.4. The maximum atomic E-state index is 12.5. The van der Waals surface area contributed by atoms with Gasteiger partial charge in [-0.15, -0.1) is 0 Å². The van der Waals surface area contributed by atoms with Crippen molar-refractivity contribution in [1.82, 2.24) is 15.1 Å². The van der Waals surface area contributed by atoms with Gasteiger partial charge in [-0.3, -0.25) is 0 Å². The lowest BCUT2D eigenvalue weighted by atomic mass is 10.1. The van der Waals surface area contributed by atoms with Crippen molar-refractivity contribution < 1.29 is 33.0 Å². The van der Waals surface area contributed by atoms with Crippen LogP contribution in [0.25, 0.3) is 0 Å². The number of amides is 2. The van der Waals surface area contributed by atoms with Crippen LogP contribution in [0.1, 0.15) is 39.5 Å². The fourth-order valence-electron chi connectivity index (χ4n) is 3.48. The minimum absolute atomic E-state index is 0.0573. The van der Waals surface area contributed by atoms with Crippen molar-refractivity contribution in [2.45, 2.75) is 50.5 Å². The number of benzene rings is 1. The second-order valence-corrected chi connectivity index (χ2v) is 10.5. The molecule has 1 heterocycles. The molecule has 1 fully saturated rings. The van der Waals surface area contributed by atoms with Gasteiger partial charge in [0.15, 0.2) is 9.84 Å². The van der Waals surface area contributed by atoms with Gasteiger partial charge < -0.3 is 25.3 Å². The van der Waals surface area contributed by atoms with E-state index >= 15 is 0 Å². The third-order valence-electron chi connectivity index (χ3n) is 5.33. The topological polar surface area (TPSA) is 144 Å². The molecule has 0 atom stereocenters. The first-order valence-electron chi connectivity index (χ1n) is 11.7. The molecule has 10 nitrogen and oxygen atoms in total. The van der Waals surface area contributed by atoms with Gasteiger partial charge in [0.25, 0.3) is 0 Å². The van der Waals surface area contributed by atoms with Gasteiger partial charge in [0.05, 0.1) is 10.6 Å². The summed E-state index contributed by atoms with van der Waals surface area (Å²) in [6.07, 6.45) is 5.89. The monoisotopic (exact) mass is 511 g/mol. The normalized spacial score (nSPS) is 14.3. The van der Waals surface area contributed by atoms with E-state index in [4.69, 9.17) is 10.2 Å². The number of urea groups is 1. The molecule has 35 heavy (non-hydrogen) atoms. The molecule has 0 aliphatic carbocycles. The highest BCUT2D eigenvalue weighted by atomic mass is 32.2. The fraction of sp³-hybridized carbons (Fsp3) is 0.542. The Morgan fingerprint density at radius 1 is 1.03 bits per heavy atom. The number of carbonyl (C=O) groups is 3. The van der Waals surface area contributed by atoms with Crippen LogP contribution in [0, 0.1) is 0 Å². The van der Waals surface area contributed by atoms with E-state index in [9.17, 15) is 22.8 Å². The molecule has 1 saturated heterocycles. The molecule has 3 N–H and O–H groups in total. The van der Waals surface area contributed by atoms with E-state index in [1.54, 1.807) is 35.2 Å². The van der Waals surface area contributed by atoms with E-state index in [2.05, 4.69) is 10.2 Å². The van der Waals surface area contributed by atoms with Crippen LogP contribution in [0.3, 0.4) is 0 Å². The minimum Gasteiger partial charge on any atom is -0.478 e. The van der Waals surface area contributed by atoms with Crippen molar-refractivity contribution in [2.75, 3.05) is 38.5 Å². The summed E-state index contributed by atoms with van der Waals surface area (Å²) < 4.78 is 24.9. The Balaban J connectivity index is 0.000000658. The second kappa shape index (κ2) is 15.9. The van der Waals surface area contributed by atoms with E-state index in [0.29, 0.717) is 23.6 Å². The lowest BCUT2D eigenvalue weighted by Gasteiger charge is -2.28. The van der Waals surface area contributed by atoms with E-state index in [0.717, 1.165) is 26.1 Å². The van der Waals surface area contributed by atoms with Gasteiger partial charge in [-0.25, -0.2) is 22.8 Å². The van der Waals surface area contributed by atoms with E-state index < -0.39 is 21.8 Å². The van der Waals surface area contributed by atoms with Crippen LogP contribution < -0.4 is 5.32 Å². The molecule has 1 aliphatic rings. The molecule has 1 aromatic rings. The summed E-state index contributed by atoms with van der Waals surface area (Å²) >= 11 is 0. The van der Waals surface area contributed by atoms with Crippen LogP contribution in [0.2, 0.25) is 0 Å².